The molecule has 0 aliphatic rings. The van der Waals surface area contributed by atoms with Crippen LogP contribution >= 0.6 is 22.7 Å². The Balaban J connectivity index is 1.78. The van der Waals surface area contributed by atoms with Gasteiger partial charge in [-0.25, -0.2) is 4.98 Å². The average molecular weight is 406 g/mol. The highest BCUT2D eigenvalue weighted by Crippen LogP contribution is 2.33. The number of fused-ring (bicyclic) bond motifs is 1. The second-order valence-electron chi connectivity index (χ2n) is 5.91. The number of esters is 1. The molecule has 0 aliphatic carbocycles. The van der Waals surface area contributed by atoms with Crippen molar-refractivity contribution < 1.29 is 14.3 Å². The molecule has 0 aromatic carbocycles. The summed E-state index contributed by atoms with van der Waals surface area (Å²) in [4.78, 5) is 42.7. The Bertz CT molecular complexity index is 1010. The van der Waals surface area contributed by atoms with Gasteiger partial charge in [0.1, 0.15) is 11.4 Å². The number of rotatable bonds is 7. The monoisotopic (exact) mass is 405 g/mol. The van der Waals surface area contributed by atoms with E-state index in [1.54, 1.807) is 0 Å². The lowest BCUT2D eigenvalue weighted by Gasteiger charge is -2.13. The molecule has 0 saturated carbocycles. The number of hydrogen-bond donors (Lipinski definition) is 1. The van der Waals surface area contributed by atoms with E-state index in [-0.39, 0.29) is 18.0 Å². The molecule has 0 fully saturated rings. The summed E-state index contributed by atoms with van der Waals surface area (Å²) < 4.78 is 6.34. The Kier molecular flexibility index (Phi) is 6.02. The lowest BCUT2D eigenvalue weighted by Crippen LogP contribution is -2.37. The zero-order valence-electron chi connectivity index (χ0n) is 14.9. The summed E-state index contributed by atoms with van der Waals surface area (Å²) in [5.74, 6) is -1.02. The van der Waals surface area contributed by atoms with Crippen LogP contribution in [0.15, 0.2) is 34.0 Å². The van der Waals surface area contributed by atoms with E-state index in [1.807, 2.05) is 29.8 Å². The highest BCUT2D eigenvalue weighted by atomic mass is 32.1. The molecule has 142 valence electrons. The van der Waals surface area contributed by atoms with E-state index in [2.05, 4.69) is 10.3 Å². The molecule has 3 rings (SSSR count). The molecule has 27 heavy (non-hydrogen) atoms. The van der Waals surface area contributed by atoms with Gasteiger partial charge in [0, 0.05) is 22.4 Å². The third-order valence-electron chi connectivity index (χ3n) is 3.87. The summed E-state index contributed by atoms with van der Waals surface area (Å²) in [5, 5.41) is 6.99. The van der Waals surface area contributed by atoms with Gasteiger partial charge in [-0.15, -0.1) is 22.7 Å². The highest BCUT2D eigenvalue weighted by molar-refractivity contribution is 7.18. The third-order valence-corrected chi connectivity index (χ3v) is 5.66. The Hall–Kier alpha value is -2.52. The lowest BCUT2D eigenvalue weighted by molar-refractivity contribution is -0.155. The van der Waals surface area contributed by atoms with Gasteiger partial charge in [-0.05, 0) is 24.8 Å². The standard InChI is InChI=1S/C18H19N3O4S2/c1-3-6-19-16(23)11(2)25-14(22)8-21-10-20-17-15(18(21)24)12(9-27-17)13-5-4-7-26-13/h4-5,7,9-11H,3,6,8H2,1-2H3,(H,19,23)/t11-/m0/s1. The van der Waals surface area contributed by atoms with Gasteiger partial charge in [-0.2, -0.15) is 0 Å². The van der Waals surface area contributed by atoms with E-state index < -0.39 is 12.1 Å². The number of hydrogen-bond acceptors (Lipinski definition) is 7. The first-order chi connectivity index (χ1) is 13.0. The van der Waals surface area contributed by atoms with Crippen LogP contribution in [0, 0.1) is 0 Å². The first-order valence-corrected chi connectivity index (χ1v) is 10.2. The number of carbonyl (C=O) groups is 2. The minimum Gasteiger partial charge on any atom is -0.451 e. The summed E-state index contributed by atoms with van der Waals surface area (Å²) in [6.45, 7) is 3.65. The largest absolute Gasteiger partial charge is 0.451 e. The van der Waals surface area contributed by atoms with Gasteiger partial charge in [0.05, 0.1) is 11.7 Å². The van der Waals surface area contributed by atoms with Crippen molar-refractivity contribution in [3.05, 3.63) is 39.6 Å². The fraction of sp³-hybridized carbons (Fsp3) is 0.333. The molecule has 0 radical (unpaired) electrons. The van der Waals surface area contributed by atoms with Gasteiger partial charge < -0.3 is 10.1 Å². The molecule has 0 bridgehead atoms. The molecule has 0 spiro atoms. The zero-order chi connectivity index (χ0) is 19.4. The van der Waals surface area contributed by atoms with E-state index in [0.717, 1.165) is 16.9 Å². The van der Waals surface area contributed by atoms with E-state index in [9.17, 15) is 14.4 Å². The van der Waals surface area contributed by atoms with Crippen LogP contribution in [0.2, 0.25) is 0 Å². The quantitative estimate of drug-likeness (QED) is 0.610. The number of ether oxygens (including phenoxy) is 1. The molecule has 0 unspecified atom stereocenters. The normalized spacial score (nSPS) is 12.1. The topological polar surface area (TPSA) is 90.3 Å². The van der Waals surface area contributed by atoms with Crippen molar-refractivity contribution >= 4 is 44.8 Å². The highest BCUT2D eigenvalue weighted by Gasteiger charge is 2.19. The van der Waals surface area contributed by atoms with Crippen LogP contribution in [0.1, 0.15) is 20.3 Å². The summed E-state index contributed by atoms with van der Waals surface area (Å²) in [7, 11) is 0. The summed E-state index contributed by atoms with van der Waals surface area (Å²) in [5.41, 5.74) is 0.516. The minimum atomic E-state index is -0.917. The Morgan fingerprint density at radius 2 is 2.19 bits per heavy atom. The molecule has 0 aliphatic heterocycles. The van der Waals surface area contributed by atoms with Crippen LogP contribution < -0.4 is 10.9 Å². The predicted molar refractivity (Wildman–Crippen MR) is 106 cm³/mol. The van der Waals surface area contributed by atoms with Gasteiger partial charge >= 0.3 is 5.97 Å². The molecular weight excluding hydrogens is 386 g/mol. The van der Waals surface area contributed by atoms with Crippen LogP contribution in [0.25, 0.3) is 20.7 Å². The summed E-state index contributed by atoms with van der Waals surface area (Å²) >= 11 is 2.93. The molecule has 1 N–H and O–H groups in total. The number of amides is 1. The molecule has 1 atom stereocenters. The second kappa shape index (κ2) is 8.45. The first-order valence-electron chi connectivity index (χ1n) is 8.49. The Labute approximate surface area is 163 Å². The molecule has 9 heteroatoms. The van der Waals surface area contributed by atoms with Crippen LogP contribution in [0.3, 0.4) is 0 Å². The fourth-order valence-corrected chi connectivity index (χ4v) is 4.23. The van der Waals surface area contributed by atoms with E-state index >= 15 is 0 Å². The molecule has 7 nitrogen and oxygen atoms in total. The lowest BCUT2D eigenvalue weighted by atomic mass is 10.2. The Morgan fingerprint density at radius 1 is 1.37 bits per heavy atom. The van der Waals surface area contributed by atoms with Crippen molar-refractivity contribution in [1.82, 2.24) is 14.9 Å². The number of nitrogens with zero attached hydrogens (tertiary/aromatic N) is 2. The van der Waals surface area contributed by atoms with Crippen molar-refractivity contribution in [3.63, 3.8) is 0 Å². The molecule has 3 heterocycles. The number of carbonyl (C=O) groups excluding carboxylic acids is 2. The van der Waals surface area contributed by atoms with Crippen molar-refractivity contribution in [1.29, 1.82) is 0 Å². The Morgan fingerprint density at radius 3 is 2.89 bits per heavy atom. The van der Waals surface area contributed by atoms with Crippen molar-refractivity contribution in [2.45, 2.75) is 32.9 Å². The maximum Gasteiger partial charge on any atom is 0.326 e. The zero-order valence-corrected chi connectivity index (χ0v) is 16.6. The predicted octanol–water partition coefficient (Wildman–Crippen LogP) is 2.64. The van der Waals surface area contributed by atoms with Gasteiger partial charge in [0.25, 0.3) is 11.5 Å². The summed E-state index contributed by atoms with van der Waals surface area (Å²) in [6, 6.07) is 3.86. The SMILES string of the molecule is CCCNC(=O)[C@H](C)OC(=O)Cn1cnc2scc(-c3cccs3)c2c1=O. The molecule has 1 amide bonds. The third kappa shape index (κ3) is 4.25. The van der Waals surface area contributed by atoms with Gasteiger partial charge in [0.2, 0.25) is 0 Å². The smallest absolute Gasteiger partial charge is 0.326 e. The number of thiophene rings is 2. The van der Waals surface area contributed by atoms with Crippen LogP contribution in [-0.4, -0.2) is 34.1 Å². The molecule has 0 saturated heterocycles. The first kappa shape index (κ1) is 19.2. The van der Waals surface area contributed by atoms with Gasteiger partial charge in [-0.3, -0.25) is 19.0 Å². The van der Waals surface area contributed by atoms with E-state index in [1.165, 1.54) is 40.5 Å². The van der Waals surface area contributed by atoms with Gasteiger partial charge in [0.15, 0.2) is 6.10 Å². The van der Waals surface area contributed by atoms with Crippen LogP contribution in [0.5, 0.6) is 0 Å². The van der Waals surface area contributed by atoms with Crippen molar-refractivity contribution in [2.75, 3.05) is 6.54 Å². The van der Waals surface area contributed by atoms with E-state index in [0.29, 0.717) is 16.8 Å². The van der Waals surface area contributed by atoms with Crippen molar-refractivity contribution in [3.8, 4) is 10.4 Å². The van der Waals surface area contributed by atoms with Crippen LogP contribution in [-0.2, 0) is 20.9 Å². The fourth-order valence-electron chi connectivity index (χ4n) is 2.51. The van der Waals surface area contributed by atoms with E-state index in [4.69, 9.17) is 4.74 Å². The molecule has 3 aromatic rings. The number of nitrogens with one attached hydrogen (secondary N) is 1. The average Bonchev–Trinajstić information content (AvgIpc) is 3.31. The molecule has 3 aromatic heterocycles. The maximum atomic E-state index is 12.8. The van der Waals surface area contributed by atoms with Gasteiger partial charge in [-0.1, -0.05) is 13.0 Å². The second-order valence-corrected chi connectivity index (χ2v) is 7.71. The molecular formula is C18H19N3O4S2. The van der Waals surface area contributed by atoms with Crippen LogP contribution in [0.4, 0.5) is 0 Å². The van der Waals surface area contributed by atoms with Crippen molar-refractivity contribution in [2.24, 2.45) is 0 Å². The maximum absolute atomic E-state index is 12.8. The number of aromatic nitrogens is 2. The minimum absolute atomic E-state index is 0.299. The summed E-state index contributed by atoms with van der Waals surface area (Å²) in [6.07, 6.45) is 1.21.